The van der Waals surface area contributed by atoms with Gasteiger partial charge in [-0.3, -0.25) is 14.2 Å². The molecule has 0 radical (unpaired) electrons. The van der Waals surface area contributed by atoms with E-state index in [0.29, 0.717) is 31.4 Å². The number of aromatic nitrogens is 2. The minimum atomic E-state index is -4.80. The van der Waals surface area contributed by atoms with Crippen LogP contribution >= 0.6 is 0 Å². The summed E-state index contributed by atoms with van der Waals surface area (Å²) in [5.41, 5.74) is 5.83. The molecule has 2 aromatic carbocycles. The summed E-state index contributed by atoms with van der Waals surface area (Å²) < 4.78 is 44.5. The van der Waals surface area contributed by atoms with Gasteiger partial charge in [-0.25, -0.2) is 4.98 Å². The van der Waals surface area contributed by atoms with Crippen LogP contribution < -0.4 is 11.3 Å². The molecule has 3 aromatic rings. The Kier molecular flexibility index (Phi) is 8.59. The van der Waals surface area contributed by atoms with Gasteiger partial charge in [-0.1, -0.05) is 61.9 Å². The van der Waals surface area contributed by atoms with E-state index in [4.69, 9.17) is 5.73 Å². The highest BCUT2D eigenvalue weighted by atomic mass is 19.4. The second kappa shape index (κ2) is 11.7. The van der Waals surface area contributed by atoms with Crippen LogP contribution in [0.3, 0.4) is 0 Å². The molecule has 0 saturated heterocycles. The zero-order valence-electron chi connectivity index (χ0n) is 22.5. The van der Waals surface area contributed by atoms with Crippen molar-refractivity contribution in [1.29, 1.82) is 0 Å². The third-order valence-electron chi connectivity index (χ3n) is 7.07. The molecule has 1 heterocycles. The minimum Gasteiger partial charge on any atom is -0.330 e. The first-order valence-corrected chi connectivity index (χ1v) is 13.4. The van der Waals surface area contributed by atoms with Crippen LogP contribution in [0.1, 0.15) is 83.6 Å². The van der Waals surface area contributed by atoms with Gasteiger partial charge in [0.25, 0.3) is 11.5 Å². The molecule has 1 aliphatic rings. The van der Waals surface area contributed by atoms with Crippen molar-refractivity contribution in [3.8, 4) is 0 Å². The molecule has 1 atom stereocenters. The average molecular weight is 541 g/mol. The van der Waals surface area contributed by atoms with E-state index in [1.54, 1.807) is 12.1 Å². The van der Waals surface area contributed by atoms with Crippen molar-refractivity contribution in [2.75, 3.05) is 13.1 Å². The van der Waals surface area contributed by atoms with Gasteiger partial charge >= 0.3 is 6.18 Å². The predicted molar refractivity (Wildman–Crippen MR) is 144 cm³/mol. The Morgan fingerprint density at radius 2 is 1.74 bits per heavy atom. The van der Waals surface area contributed by atoms with Gasteiger partial charge in [-0.05, 0) is 62.3 Å². The van der Waals surface area contributed by atoms with E-state index >= 15 is 0 Å². The van der Waals surface area contributed by atoms with Gasteiger partial charge in [-0.2, -0.15) is 13.2 Å². The second-order valence-corrected chi connectivity index (χ2v) is 10.6. The number of amides is 1. The van der Waals surface area contributed by atoms with Crippen molar-refractivity contribution in [3.05, 3.63) is 98.7 Å². The Balaban J connectivity index is 1.95. The summed E-state index contributed by atoms with van der Waals surface area (Å²) in [7, 11) is 0. The first kappa shape index (κ1) is 28.5. The van der Waals surface area contributed by atoms with E-state index in [-0.39, 0.29) is 36.3 Å². The van der Waals surface area contributed by atoms with Crippen LogP contribution in [0.4, 0.5) is 13.2 Å². The molecule has 6 nitrogen and oxygen atoms in total. The standard InChI is InChI=1S/C30H35F3N4O2/c1-19(2)25(36(17-7-16-34)28(38)23-12-10-20(3)11-13-23)27-35-26(30(31,32)33)24(22-14-15-22)29(39)37(27)18-21-8-5-4-6-9-21/h4-6,8-13,19,22,25H,7,14-18,34H2,1-3H3. The van der Waals surface area contributed by atoms with E-state index in [2.05, 4.69) is 4.98 Å². The maximum atomic E-state index is 14.4. The van der Waals surface area contributed by atoms with Crippen LogP contribution in [0.5, 0.6) is 0 Å². The molecule has 1 saturated carbocycles. The lowest BCUT2D eigenvalue weighted by molar-refractivity contribution is -0.142. The van der Waals surface area contributed by atoms with Gasteiger partial charge in [0.1, 0.15) is 5.82 Å². The molecular formula is C30H35F3N4O2. The number of hydrogen-bond acceptors (Lipinski definition) is 4. The van der Waals surface area contributed by atoms with Crippen LogP contribution in [0.2, 0.25) is 0 Å². The molecular weight excluding hydrogens is 505 g/mol. The predicted octanol–water partition coefficient (Wildman–Crippen LogP) is 5.68. The van der Waals surface area contributed by atoms with Gasteiger partial charge in [0.15, 0.2) is 5.69 Å². The summed E-state index contributed by atoms with van der Waals surface area (Å²) in [6.45, 7) is 6.10. The van der Waals surface area contributed by atoms with Crippen LogP contribution in [-0.4, -0.2) is 33.4 Å². The number of benzene rings is 2. The Morgan fingerprint density at radius 3 is 2.28 bits per heavy atom. The van der Waals surface area contributed by atoms with Gasteiger partial charge in [0.2, 0.25) is 0 Å². The average Bonchev–Trinajstić information content (AvgIpc) is 3.73. The first-order chi connectivity index (χ1) is 18.5. The van der Waals surface area contributed by atoms with E-state index in [1.165, 1.54) is 9.47 Å². The number of carbonyl (C=O) groups is 1. The fourth-order valence-corrected chi connectivity index (χ4v) is 4.97. The van der Waals surface area contributed by atoms with Gasteiger partial charge < -0.3 is 10.6 Å². The molecule has 0 spiro atoms. The van der Waals surface area contributed by atoms with Crippen molar-refractivity contribution >= 4 is 5.91 Å². The largest absolute Gasteiger partial charge is 0.433 e. The molecule has 1 fully saturated rings. The Labute approximate surface area is 226 Å². The van der Waals surface area contributed by atoms with Gasteiger partial charge in [0, 0.05) is 12.1 Å². The van der Waals surface area contributed by atoms with Gasteiger partial charge in [0.05, 0.1) is 18.2 Å². The number of rotatable bonds is 10. The monoisotopic (exact) mass is 540 g/mol. The SMILES string of the molecule is Cc1ccc(C(=O)N(CCCN)C(c2nc(C(F)(F)F)c(C3CC3)c(=O)n2Cc2ccccc2)C(C)C)cc1. The normalized spacial score (nSPS) is 14.5. The second-order valence-electron chi connectivity index (χ2n) is 10.6. The lowest BCUT2D eigenvalue weighted by Crippen LogP contribution is -2.43. The molecule has 2 N–H and O–H groups in total. The highest BCUT2D eigenvalue weighted by Crippen LogP contribution is 2.44. The highest BCUT2D eigenvalue weighted by Gasteiger charge is 2.44. The summed E-state index contributed by atoms with van der Waals surface area (Å²) in [5.74, 6) is -1.22. The Bertz CT molecular complexity index is 1350. The molecule has 1 aromatic heterocycles. The van der Waals surface area contributed by atoms with Crippen molar-refractivity contribution in [3.63, 3.8) is 0 Å². The number of hydrogen-bond donors (Lipinski definition) is 1. The van der Waals surface area contributed by atoms with Crippen LogP contribution in [0.25, 0.3) is 0 Å². The lowest BCUT2D eigenvalue weighted by Gasteiger charge is -2.36. The summed E-state index contributed by atoms with van der Waals surface area (Å²) >= 11 is 0. The summed E-state index contributed by atoms with van der Waals surface area (Å²) in [4.78, 5) is 33.5. The summed E-state index contributed by atoms with van der Waals surface area (Å²) in [6.07, 6.45) is -3.32. The van der Waals surface area contributed by atoms with E-state index < -0.39 is 29.4 Å². The van der Waals surface area contributed by atoms with Gasteiger partial charge in [-0.15, -0.1) is 0 Å². The number of carbonyl (C=O) groups excluding carboxylic acids is 1. The smallest absolute Gasteiger partial charge is 0.330 e. The molecule has 1 amide bonds. The Hall–Kier alpha value is -3.46. The van der Waals surface area contributed by atoms with Crippen molar-refractivity contribution in [2.45, 2.75) is 64.7 Å². The van der Waals surface area contributed by atoms with E-state index in [1.807, 2.05) is 63.2 Å². The number of alkyl halides is 3. The fraction of sp³-hybridized carbons (Fsp3) is 0.433. The molecule has 0 bridgehead atoms. The first-order valence-electron chi connectivity index (χ1n) is 13.4. The highest BCUT2D eigenvalue weighted by molar-refractivity contribution is 5.94. The number of aryl methyl sites for hydroxylation is 1. The fourth-order valence-electron chi connectivity index (χ4n) is 4.97. The molecule has 4 rings (SSSR count). The van der Waals surface area contributed by atoms with Crippen molar-refractivity contribution in [1.82, 2.24) is 14.5 Å². The molecule has 1 aliphatic carbocycles. The van der Waals surface area contributed by atoms with Crippen LogP contribution in [0, 0.1) is 12.8 Å². The maximum Gasteiger partial charge on any atom is 0.433 e. The van der Waals surface area contributed by atoms with Crippen LogP contribution in [-0.2, 0) is 12.7 Å². The molecule has 39 heavy (non-hydrogen) atoms. The molecule has 9 heteroatoms. The van der Waals surface area contributed by atoms with E-state index in [9.17, 15) is 22.8 Å². The zero-order valence-corrected chi connectivity index (χ0v) is 22.5. The Morgan fingerprint density at radius 1 is 1.10 bits per heavy atom. The lowest BCUT2D eigenvalue weighted by atomic mass is 9.98. The maximum absolute atomic E-state index is 14.4. The van der Waals surface area contributed by atoms with Crippen LogP contribution in [0.15, 0.2) is 59.4 Å². The summed E-state index contributed by atoms with van der Waals surface area (Å²) in [6, 6.07) is 15.2. The zero-order chi connectivity index (χ0) is 28.3. The van der Waals surface area contributed by atoms with Crippen molar-refractivity contribution in [2.24, 2.45) is 11.7 Å². The van der Waals surface area contributed by atoms with Crippen molar-refractivity contribution < 1.29 is 18.0 Å². The molecule has 1 unspecified atom stereocenters. The minimum absolute atomic E-state index is 0.0481. The third kappa shape index (κ3) is 6.41. The third-order valence-corrected chi connectivity index (χ3v) is 7.07. The summed E-state index contributed by atoms with van der Waals surface area (Å²) in [5, 5.41) is 0. The van der Waals surface area contributed by atoms with E-state index in [0.717, 1.165) is 11.1 Å². The number of nitrogens with zero attached hydrogens (tertiary/aromatic N) is 3. The topological polar surface area (TPSA) is 81.2 Å². The quantitative estimate of drug-likeness (QED) is 0.359. The number of nitrogens with two attached hydrogens (primary N) is 1. The number of halogens is 3. The molecule has 208 valence electrons. The molecule has 0 aliphatic heterocycles.